The van der Waals surface area contributed by atoms with Crippen molar-refractivity contribution in [1.29, 1.82) is 0 Å². The second-order valence-corrected chi connectivity index (χ2v) is 4.60. The zero-order chi connectivity index (χ0) is 13.3. The number of carbonyl (C=O) groups is 1. The molecule has 6 heteroatoms. The number of aromatic carboxylic acids is 1. The highest BCUT2D eigenvalue weighted by molar-refractivity contribution is 9.10. The molecule has 2 aromatic rings. The number of rotatable bonds is 2. The smallest absolute Gasteiger partial charge is 0.354 e. The fourth-order valence-electron chi connectivity index (χ4n) is 1.49. The first kappa shape index (κ1) is 12.6. The largest absolute Gasteiger partial charge is 0.477 e. The molecule has 1 heterocycles. The molecule has 92 valence electrons. The number of aryl methyl sites for hydroxylation is 1. The van der Waals surface area contributed by atoms with E-state index in [1.807, 2.05) is 0 Å². The van der Waals surface area contributed by atoms with E-state index in [4.69, 9.17) is 5.11 Å². The Hall–Kier alpha value is -1.82. The lowest BCUT2D eigenvalue weighted by Gasteiger charge is -2.04. The van der Waals surface area contributed by atoms with Crippen LogP contribution in [-0.4, -0.2) is 21.0 Å². The lowest BCUT2D eigenvalue weighted by Crippen LogP contribution is -2.04. The molecule has 1 aromatic carbocycles. The Morgan fingerprint density at radius 1 is 1.28 bits per heavy atom. The summed E-state index contributed by atoms with van der Waals surface area (Å²) in [5, 5.41) is 8.92. The van der Waals surface area contributed by atoms with E-state index in [0.717, 1.165) is 0 Å². The monoisotopic (exact) mass is 310 g/mol. The minimum atomic E-state index is -1.14. The van der Waals surface area contributed by atoms with Crippen molar-refractivity contribution < 1.29 is 14.3 Å². The van der Waals surface area contributed by atoms with Crippen LogP contribution in [0.5, 0.6) is 0 Å². The highest BCUT2D eigenvalue weighted by Gasteiger charge is 2.11. The second-order valence-electron chi connectivity index (χ2n) is 3.68. The fraction of sp³-hybridized carbons (Fsp3) is 0.0833. The summed E-state index contributed by atoms with van der Waals surface area (Å²) in [6.07, 6.45) is 0. The Labute approximate surface area is 111 Å². The van der Waals surface area contributed by atoms with Crippen LogP contribution < -0.4 is 0 Å². The third kappa shape index (κ3) is 2.70. The van der Waals surface area contributed by atoms with Gasteiger partial charge < -0.3 is 5.11 Å². The molecular formula is C12H8BrFN2O2. The van der Waals surface area contributed by atoms with Crippen molar-refractivity contribution in [1.82, 2.24) is 9.97 Å². The maximum absolute atomic E-state index is 13.3. The van der Waals surface area contributed by atoms with Crippen molar-refractivity contribution in [3.63, 3.8) is 0 Å². The molecule has 0 unspecified atom stereocenters. The van der Waals surface area contributed by atoms with Gasteiger partial charge in [-0.1, -0.05) is 15.9 Å². The summed E-state index contributed by atoms with van der Waals surface area (Å²) in [6.45, 7) is 1.66. The Kier molecular flexibility index (Phi) is 3.38. The van der Waals surface area contributed by atoms with E-state index < -0.39 is 11.8 Å². The summed E-state index contributed by atoms with van der Waals surface area (Å²) in [5.74, 6) is -1.40. The van der Waals surface area contributed by atoms with Gasteiger partial charge in [0.05, 0.1) is 0 Å². The van der Waals surface area contributed by atoms with Crippen LogP contribution in [0.1, 0.15) is 16.2 Å². The van der Waals surface area contributed by atoms with Gasteiger partial charge in [-0.15, -0.1) is 0 Å². The van der Waals surface area contributed by atoms with Crippen LogP contribution in [-0.2, 0) is 0 Å². The van der Waals surface area contributed by atoms with Crippen LogP contribution in [0.3, 0.4) is 0 Å². The van der Waals surface area contributed by atoms with Crippen LogP contribution >= 0.6 is 15.9 Å². The molecule has 1 aromatic heterocycles. The normalized spacial score (nSPS) is 10.4. The van der Waals surface area contributed by atoms with E-state index in [1.54, 1.807) is 13.0 Å². The standard InChI is InChI=1S/C12H8BrFN2O2/c1-6-2-10(12(17)18)16-11(15-6)7-3-8(13)5-9(14)4-7/h2-5H,1H3,(H,17,18). The lowest BCUT2D eigenvalue weighted by atomic mass is 10.2. The van der Waals surface area contributed by atoms with Crippen LogP contribution in [0.4, 0.5) is 4.39 Å². The van der Waals surface area contributed by atoms with Crippen LogP contribution in [0.2, 0.25) is 0 Å². The van der Waals surface area contributed by atoms with Gasteiger partial charge in [0, 0.05) is 15.7 Å². The van der Waals surface area contributed by atoms with Gasteiger partial charge >= 0.3 is 5.97 Å². The molecule has 0 fully saturated rings. The van der Waals surface area contributed by atoms with Crippen molar-refractivity contribution in [2.24, 2.45) is 0 Å². The maximum atomic E-state index is 13.3. The zero-order valence-corrected chi connectivity index (χ0v) is 10.9. The number of carboxylic acid groups (broad SMARTS) is 1. The van der Waals surface area contributed by atoms with Crippen LogP contribution in [0.15, 0.2) is 28.7 Å². The van der Waals surface area contributed by atoms with Gasteiger partial charge in [-0.25, -0.2) is 19.2 Å². The molecule has 18 heavy (non-hydrogen) atoms. The van der Waals surface area contributed by atoms with Gasteiger partial charge in [0.15, 0.2) is 11.5 Å². The minimum absolute atomic E-state index is 0.113. The molecule has 0 aliphatic carbocycles. The quantitative estimate of drug-likeness (QED) is 0.926. The summed E-state index contributed by atoms with van der Waals surface area (Å²) in [6, 6.07) is 5.55. The summed E-state index contributed by atoms with van der Waals surface area (Å²) in [4.78, 5) is 18.9. The third-order valence-electron chi connectivity index (χ3n) is 2.19. The molecule has 0 bridgehead atoms. The molecule has 0 saturated heterocycles. The number of carboxylic acids is 1. The number of hydrogen-bond donors (Lipinski definition) is 1. The molecule has 0 atom stereocenters. The molecule has 2 rings (SSSR count). The average Bonchev–Trinajstić information content (AvgIpc) is 2.26. The molecule has 1 N–H and O–H groups in total. The van der Waals surface area contributed by atoms with Crippen molar-refractivity contribution in [3.8, 4) is 11.4 Å². The number of hydrogen-bond acceptors (Lipinski definition) is 3. The van der Waals surface area contributed by atoms with Crippen molar-refractivity contribution in [3.05, 3.63) is 45.9 Å². The predicted molar refractivity (Wildman–Crippen MR) is 66.8 cm³/mol. The molecule has 0 amide bonds. The van der Waals surface area contributed by atoms with E-state index in [1.165, 1.54) is 18.2 Å². The zero-order valence-electron chi connectivity index (χ0n) is 9.32. The van der Waals surface area contributed by atoms with Gasteiger partial charge in [0.2, 0.25) is 0 Å². The first-order valence-electron chi connectivity index (χ1n) is 5.01. The van der Waals surface area contributed by atoms with E-state index in [-0.39, 0.29) is 11.5 Å². The topological polar surface area (TPSA) is 63.1 Å². The van der Waals surface area contributed by atoms with Gasteiger partial charge in [0.1, 0.15) is 5.82 Å². The summed E-state index contributed by atoms with van der Waals surface area (Å²) < 4.78 is 13.8. The first-order chi connectivity index (χ1) is 8.45. The molecule has 4 nitrogen and oxygen atoms in total. The summed E-state index contributed by atoms with van der Waals surface area (Å²) in [5.41, 5.74) is 0.823. The van der Waals surface area contributed by atoms with Gasteiger partial charge in [0.25, 0.3) is 0 Å². The number of nitrogens with zero attached hydrogens (tertiary/aromatic N) is 2. The summed E-state index contributed by atoms with van der Waals surface area (Å²) in [7, 11) is 0. The number of halogens is 2. The minimum Gasteiger partial charge on any atom is -0.477 e. The maximum Gasteiger partial charge on any atom is 0.354 e. The van der Waals surface area contributed by atoms with Gasteiger partial charge in [-0.2, -0.15) is 0 Å². The Bertz CT molecular complexity index is 611. The van der Waals surface area contributed by atoms with Crippen LogP contribution in [0.25, 0.3) is 11.4 Å². The Balaban J connectivity index is 2.59. The van der Waals surface area contributed by atoms with E-state index in [2.05, 4.69) is 25.9 Å². The molecule has 0 aliphatic rings. The molecule has 0 spiro atoms. The van der Waals surface area contributed by atoms with Crippen molar-refractivity contribution in [2.75, 3.05) is 0 Å². The third-order valence-corrected chi connectivity index (χ3v) is 2.65. The van der Waals surface area contributed by atoms with Crippen molar-refractivity contribution in [2.45, 2.75) is 6.92 Å². The summed E-state index contributed by atoms with van der Waals surface area (Å²) >= 11 is 3.16. The molecule has 0 saturated carbocycles. The molecule has 0 radical (unpaired) electrons. The van der Waals surface area contributed by atoms with Gasteiger partial charge in [-0.3, -0.25) is 0 Å². The Morgan fingerprint density at radius 3 is 2.61 bits per heavy atom. The van der Waals surface area contributed by atoms with Crippen LogP contribution in [0, 0.1) is 12.7 Å². The van der Waals surface area contributed by atoms with Gasteiger partial charge in [-0.05, 0) is 31.2 Å². The fourth-order valence-corrected chi connectivity index (χ4v) is 1.96. The van der Waals surface area contributed by atoms with E-state index in [9.17, 15) is 9.18 Å². The SMILES string of the molecule is Cc1cc(C(=O)O)nc(-c2cc(F)cc(Br)c2)n1. The Morgan fingerprint density at radius 2 is 2.00 bits per heavy atom. The highest BCUT2D eigenvalue weighted by atomic mass is 79.9. The molecule has 0 aliphatic heterocycles. The number of benzene rings is 1. The first-order valence-corrected chi connectivity index (χ1v) is 5.80. The second kappa shape index (κ2) is 4.81. The van der Waals surface area contributed by atoms with Crippen molar-refractivity contribution >= 4 is 21.9 Å². The van der Waals surface area contributed by atoms with E-state index >= 15 is 0 Å². The molecular weight excluding hydrogens is 303 g/mol. The average molecular weight is 311 g/mol. The van der Waals surface area contributed by atoms with E-state index in [0.29, 0.717) is 15.7 Å². The lowest BCUT2D eigenvalue weighted by molar-refractivity contribution is 0.0690. The number of aromatic nitrogens is 2. The highest BCUT2D eigenvalue weighted by Crippen LogP contribution is 2.22. The predicted octanol–water partition coefficient (Wildman–Crippen LogP) is 3.05.